The van der Waals surface area contributed by atoms with Gasteiger partial charge in [0.25, 0.3) is 11.8 Å². The lowest BCUT2D eigenvalue weighted by molar-refractivity contribution is -0.312. The molecule has 0 saturated carbocycles. The summed E-state index contributed by atoms with van der Waals surface area (Å²) in [5, 5.41) is 0. The molecule has 112 heavy (non-hydrogen) atoms. The second kappa shape index (κ2) is 38.4. The Morgan fingerprint density at radius 1 is 0.259 bits per heavy atom. The van der Waals surface area contributed by atoms with Crippen molar-refractivity contribution in [1.29, 1.82) is 0 Å². The van der Waals surface area contributed by atoms with Crippen molar-refractivity contribution < 1.29 is 303 Å². The van der Waals surface area contributed by atoms with E-state index in [2.05, 4.69) is 66.9 Å². The molecule has 72 nitrogen and oxygen atoms in total. The zero-order valence-corrected chi connectivity index (χ0v) is 64.0. The Morgan fingerprint density at radius 3 is 0.679 bits per heavy atom. The SMILES string of the molecule is O=C(NNC(=O)[C@H](OS(=O)(=O)O)[C@@H](OS(=O)(=O)O)[C@H](O[C@@H]1O[C@H](COS(=O)(=O)O)[C@H](OS(=O)(=O)O)[C@H](OS(=O)(=O)O)[C@H]1OS(=O)(=O)O)[C@@H](COS(=O)(=O)O)OS(=O)(=O)O)[C@H](OS(=O)(=O)O)[C@@H](OS(=O)(=O)O)[C@H](O[C@@H]1O[C@H](COS(=O)(=O)O)[C@H](OS(=O)(=O)O)[C@H](OS(=O)(=O)O)[C@H]1OS(=O)(=O)O)[C@@H](COS(=O)(=O)O)OS(=O)(=O)O. The first-order chi connectivity index (χ1) is 49.3. The highest BCUT2D eigenvalue weighted by Gasteiger charge is 2.60. The normalized spacial score (nSPS) is 24.6. The van der Waals surface area contributed by atoms with E-state index in [1.165, 1.54) is 0 Å². The summed E-state index contributed by atoms with van der Waals surface area (Å²) >= 11 is 0. The monoisotopic (exact) mass is 1990 g/mol. The lowest BCUT2D eigenvalue weighted by Gasteiger charge is -2.45. The Balaban J connectivity index is 3.57. The molecule has 666 valence electrons. The Bertz CT molecular complexity index is 4960. The van der Waals surface area contributed by atoms with Crippen molar-refractivity contribution in [1.82, 2.24) is 10.9 Å². The first-order valence-corrected chi connectivity index (χ1v) is 46.7. The first kappa shape index (κ1) is 105. The minimum absolute atomic E-state index is 0.468. The molecule has 2 heterocycles. The van der Waals surface area contributed by atoms with E-state index in [4.69, 9.17) is 18.9 Å². The van der Waals surface area contributed by atoms with Crippen LogP contribution in [0.1, 0.15) is 0 Å². The van der Waals surface area contributed by atoms with E-state index in [9.17, 15) is 217 Å². The molecule has 0 aliphatic carbocycles. The third-order valence-electron chi connectivity index (χ3n) is 10.9. The van der Waals surface area contributed by atoms with Crippen LogP contribution in [-0.4, -0.2) is 356 Å². The number of nitrogens with one attached hydrogen (secondary N) is 2. The quantitative estimate of drug-likeness (QED) is 0.0199. The van der Waals surface area contributed by atoms with Crippen molar-refractivity contribution in [2.24, 2.45) is 0 Å². The number of rotatable bonds is 48. The molecule has 0 aromatic rings. The lowest BCUT2D eigenvalue weighted by Crippen LogP contribution is -2.66. The van der Waals surface area contributed by atoms with Gasteiger partial charge < -0.3 is 18.9 Å². The maximum absolute atomic E-state index is 14.4. The second-order valence-corrected chi connectivity index (χ2v) is 36.0. The van der Waals surface area contributed by atoms with Crippen molar-refractivity contribution in [3.8, 4) is 0 Å². The van der Waals surface area contributed by atoms with Crippen LogP contribution in [0.2, 0.25) is 0 Å². The molecule has 2 aliphatic rings. The Morgan fingerprint density at radius 2 is 0.473 bits per heavy atom. The molecule has 2 saturated heterocycles. The molecule has 0 aromatic carbocycles. The molecule has 0 aromatic heterocycles. The van der Waals surface area contributed by atoms with Gasteiger partial charge >= 0.3 is 166 Å². The summed E-state index contributed by atoms with van der Waals surface area (Å²) in [5.74, 6) is -6.88. The van der Waals surface area contributed by atoms with E-state index >= 15 is 0 Å². The van der Waals surface area contributed by atoms with Crippen molar-refractivity contribution in [2.45, 2.75) is 110 Å². The minimum Gasteiger partial charge on any atom is -0.341 e. The number of ether oxygens (including phenoxy) is 4. The third-order valence-corrected chi connectivity index (χ3v) is 18.2. The molecule has 2 aliphatic heterocycles. The van der Waals surface area contributed by atoms with Crippen LogP contribution in [0, 0.1) is 0 Å². The fourth-order valence-electron chi connectivity index (χ4n) is 7.94. The molecule has 0 unspecified atom stereocenters. The summed E-state index contributed by atoms with van der Waals surface area (Å²) in [7, 11) is -108. The fraction of sp³-hybridized carbons (Fsp3) is 0.917. The van der Waals surface area contributed by atoms with Gasteiger partial charge in [0, 0.05) is 0 Å². The number of carbonyl (C=O) groups is 2. The predicted molar refractivity (Wildman–Crippen MR) is 310 cm³/mol. The van der Waals surface area contributed by atoms with E-state index in [0.717, 1.165) is 0 Å². The Hall–Kier alpha value is -3.30. The maximum Gasteiger partial charge on any atom is 0.398 e. The van der Waals surface area contributed by atoms with E-state index < -0.39 is 315 Å². The van der Waals surface area contributed by atoms with Crippen LogP contribution in [0.5, 0.6) is 0 Å². The summed E-state index contributed by atoms with van der Waals surface area (Å²) < 4.78 is 628. The van der Waals surface area contributed by atoms with Gasteiger partial charge in [-0.3, -0.25) is 93.3 Å². The molecule has 18 atom stereocenters. The molecule has 88 heteroatoms. The zero-order valence-electron chi connectivity index (χ0n) is 51.0. The van der Waals surface area contributed by atoms with Crippen molar-refractivity contribution in [3.63, 3.8) is 0 Å². The van der Waals surface area contributed by atoms with Gasteiger partial charge in [0.1, 0.15) is 73.2 Å². The summed E-state index contributed by atoms with van der Waals surface area (Å²) in [6.07, 6.45) is -75.5. The van der Waals surface area contributed by atoms with E-state index in [0.29, 0.717) is 10.9 Å². The van der Waals surface area contributed by atoms with Crippen LogP contribution in [0.3, 0.4) is 0 Å². The number of carbonyl (C=O) groups excluding carboxylic acids is 2. The average molecular weight is 1990 g/mol. The second-order valence-electron chi connectivity index (χ2n) is 19.0. The molecule has 2 rings (SSSR count). The van der Waals surface area contributed by atoms with Crippen molar-refractivity contribution in [3.05, 3.63) is 0 Å². The lowest BCUT2D eigenvalue weighted by atomic mass is 9.98. The minimum atomic E-state index is -7.23. The van der Waals surface area contributed by atoms with Gasteiger partial charge in [-0.15, -0.1) is 0 Å². The van der Waals surface area contributed by atoms with Crippen molar-refractivity contribution >= 4 is 178 Å². The zero-order chi connectivity index (χ0) is 87.9. The summed E-state index contributed by atoms with van der Waals surface area (Å²) in [6.45, 7) is -10.6. The highest BCUT2D eigenvalue weighted by Crippen LogP contribution is 2.38. The van der Waals surface area contributed by atoms with Crippen LogP contribution in [0.4, 0.5) is 0 Å². The fourth-order valence-corrected chi connectivity index (χ4v) is 15.0. The first-order valence-electron chi connectivity index (χ1n) is 24.8. The summed E-state index contributed by atoms with van der Waals surface area (Å²) in [6, 6.07) is 0. The summed E-state index contributed by atoms with van der Waals surface area (Å²) in [4.78, 5) is 28.9. The van der Waals surface area contributed by atoms with Gasteiger partial charge in [0.05, 0.1) is 26.4 Å². The van der Waals surface area contributed by atoms with Gasteiger partial charge in [0.15, 0.2) is 37.0 Å². The number of amides is 2. The Labute approximate surface area is 624 Å². The number of hydrazine groups is 1. The maximum atomic E-state index is 14.4. The molecule has 18 N–H and O–H groups in total. The van der Waals surface area contributed by atoms with Gasteiger partial charge in [-0.1, -0.05) is 0 Å². The smallest absolute Gasteiger partial charge is 0.341 e. The molecule has 0 radical (unpaired) electrons. The van der Waals surface area contributed by atoms with Gasteiger partial charge in [-0.2, -0.15) is 135 Å². The van der Waals surface area contributed by atoms with Crippen LogP contribution in [0.25, 0.3) is 0 Å². The van der Waals surface area contributed by atoms with Gasteiger partial charge in [0.2, 0.25) is 0 Å². The highest BCUT2D eigenvalue weighted by atomic mass is 32.3. The number of hydrogen-bond donors (Lipinski definition) is 18. The van der Waals surface area contributed by atoms with Gasteiger partial charge in [-0.25, -0.2) is 66.9 Å². The van der Waals surface area contributed by atoms with E-state index in [-0.39, 0.29) is 0 Å². The molecule has 2 amide bonds. The van der Waals surface area contributed by atoms with Crippen LogP contribution in [-0.2, 0) is 262 Å². The molecular formula is C24H44N2O70S16. The molecule has 2 fully saturated rings. The van der Waals surface area contributed by atoms with Gasteiger partial charge in [-0.05, 0) is 0 Å². The topological polar surface area (TPSA) is 1110 Å². The predicted octanol–water partition coefficient (Wildman–Crippen LogP) is -15.1. The molecule has 0 spiro atoms. The van der Waals surface area contributed by atoms with Crippen LogP contribution >= 0.6 is 0 Å². The highest BCUT2D eigenvalue weighted by molar-refractivity contribution is 7.84. The van der Waals surface area contributed by atoms with Crippen LogP contribution in [0.15, 0.2) is 0 Å². The standard InChI is InChI=1S/C24H44N2O70S16/c27-21(17(93-109(65,66)67)13(89-105(53,54)55)9(7(85-101(41,42)43)3-79-99(35,36)37)83-23-19(95-111(71,72)73)15(91-107(59,60)61)11(87-103(47,48)49)5(81-23)1-77-97(29,30)31)25-26-22(28)18(94-110(68,69)70)14(90-106(56,57)58)10(8(86-102(44,45)46)4-80-100(38,39)40)84-24-20(96-112(74,75)76)16(92-108(62,63)64)12(88-104(50,51)52)6(82-24)2-78-98(32,33)34/h5-20,23-24H,1-4H2,(H,25,27)(H,26,28)(H,29,30,31)(H,32,33,34)(H,35,36,37)(H,38,39,40)(H,41,42,43)(H,44,45,46)(H,47,48,49)(H,50,51,52)(H,53,54,55)(H,56,57,58)(H,59,60,61)(H,62,63,64)(H,65,66,67)(H,68,69,70)(H,71,72,73)(H,74,75,76)/t5-,6-,7-,8-,9-,10-,11+,12+,13+,14+,15+,16+,17-,18-,19-,20-,23+,24+/m1/s1. The number of hydrogen-bond acceptors (Lipinski definition) is 54. The van der Waals surface area contributed by atoms with Crippen molar-refractivity contribution in [2.75, 3.05) is 26.4 Å². The molecular weight excluding hydrogens is 1950 g/mol. The molecule has 0 bridgehead atoms. The van der Waals surface area contributed by atoms with E-state index in [1.807, 2.05) is 0 Å². The van der Waals surface area contributed by atoms with Crippen LogP contribution < -0.4 is 10.9 Å². The largest absolute Gasteiger partial charge is 0.398 e. The third kappa shape index (κ3) is 43.4. The Kier molecular flexibility index (Phi) is 35.9. The summed E-state index contributed by atoms with van der Waals surface area (Å²) in [5.41, 5.74) is 0.937. The van der Waals surface area contributed by atoms with E-state index in [1.54, 1.807) is 0 Å². The average Bonchev–Trinajstić information content (AvgIpc) is 0.767.